The Kier molecular flexibility index (Phi) is 4.54. The van der Waals surface area contributed by atoms with Gasteiger partial charge in [0.15, 0.2) is 0 Å². The Morgan fingerprint density at radius 3 is 2.80 bits per heavy atom. The van der Waals surface area contributed by atoms with Crippen LogP contribution in [0.5, 0.6) is 0 Å². The van der Waals surface area contributed by atoms with Crippen molar-refractivity contribution in [2.75, 3.05) is 6.61 Å². The average Bonchev–Trinajstić information content (AvgIpc) is 2.62. The van der Waals surface area contributed by atoms with E-state index in [4.69, 9.17) is 10.5 Å². The smallest absolute Gasteiger partial charge is 0.237 e. The van der Waals surface area contributed by atoms with E-state index in [1.165, 1.54) is 0 Å². The first-order chi connectivity index (χ1) is 7.06. The molecule has 4 heteroatoms. The van der Waals surface area contributed by atoms with Crippen LogP contribution in [-0.2, 0) is 9.53 Å². The van der Waals surface area contributed by atoms with Crippen LogP contribution >= 0.6 is 0 Å². The van der Waals surface area contributed by atoms with Crippen molar-refractivity contribution < 1.29 is 9.53 Å². The highest BCUT2D eigenvalue weighted by Gasteiger charge is 2.28. The molecule has 0 aromatic heterocycles. The summed E-state index contributed by atoms with van der Waals surface area (Å²) in [5.41, 5.74) is 5.84. The molecular weight excluding hydrogens is 192 g/mol. The number of hydrogen-bond donors (Lipinski definition) is 2. The van der Waals surface area contributed by atoms with Gasteiger partial charge in [0.1, 0.15) is 0 Å². The second kappa shape index (κ2) is 5.47. The van der Waals surface area contributed by atoms with Gasteiger partial charge in [-0.1, -0.05) is 20.3 Å². The standard InChI is InChI=1S/C11H22N2O2/c1-4-7(2)10(12)11(14)13-9-5-6-15-8(9)3/h7-10H,4-6,12H2,1-3H3,(H,13,14)/t7?,8?,9?,10-/m0/s1. The van der Waals surface area contributed by atoms with Crippen molar-refractivity contribution in [3.8, 4) is 0 Å². The summed E-state index contributed by atoms with van der Waals surface area (Å²) in [5.74, 6) is 0.175. The molecule has 1 aliphatic rings. The molecule has 4 atom stereocenters. The van der Waals surface area contributed by atoms with E-state index in [1.54, 1.807) is 0 Å². The number of nitrogens with one attached hydrogen (secondary N) is 1. The van der Waals surface area contributed by atoms with E-state index in [0.717, 1.165) is 19.4 Å². The van der Waals surface area contributed by atoms with Crippen LogP contribution in [0.15, 0.2) is 0 Å². The molecule has 0 radical (unpaired) electrons. The van der Waals surface area contributed by atoms with E-state index in [1.807, 2.05) is 20.8 Å². The maximum atomic E-state index is 11.8. The maximum Gasteiger partial charge on any atom is 0.237 e. The highest BCUT2D eigenvalue weighted by molar-refractivity contribution is 5.82. The van der Waals surface area contributed by atoms with E-state index in [2.05, 4.69) is 5.32 Å². The quantitative estimate of drug-likeness (QED) is 0.722. The molecule has 3 unspecified atom stereocenters. The molecule has 1 aliphatic heterocycles. The van der Waals surface area contributed by atoms with Gasteiger partial charge in [-0.3, -0.25) is 4.79 Å². The van der Waals surface area contributed by atoms with Crippen molar-refractivity contribution in [2.24, 2.45) is 11.7 Å². The molecule has 1 heterocycles. The number of ether oxygens (including phenoxy) is 1. The number of carbonyl (C=O) groups excluding carboxylic acids is 1. The molecule has 0 bridgehead atoms. The Hall–Kier alpha value is -0.610. The van der Waals surface area contributed by atoms with Crippen molar-refractivity contribution in [3.63, 3.8) is 0 Å². The normalized spacial score (nSPS) is 29.9. The fourth-order valence-corrected chi connectivity index (χ4v) is 1.71. The first-order valence-corrected chi connectivity index (χ1v) is 5.73. The van der Waals surface area contributed by atoms with Crippen LogP contribution in [0.1, 0.15) is 33.6 Å². The minimum atomic E-state index is -0.400. The molecule has 1 fully saturated rings. The SMILES string of the molecule is CCC(C)[C@H](N)C(=O)NC1CCOC1C. The lowest BCUT2D eigenvalue weighted by molar-refractivity contribution is -0.124. The summed E-state index contributed by atoms with van der Waals surface area (Å²) in [4.78, 5) is 11.8. The van der Waals surface area contributed by atoms with Crippen molar-refractivity contribution in [1.29, 1.82) is 0 Å². The number of amides is 1. The topological polar surface area (TPSA) is 64.4 Å². The van der Waals surface area contributed by atoms with E-state index < -0.39 is 6.04 Å². The predicted molar refractivity (Wildman–Crippen MR) is 59.4 cm³/mol. The minimum absolute atomic E-state index is 0.0494. The van der Waals surface area contributed by atoms with Gasteiger partial charge in [-0.15, -0.1) is 0 Å². The zero-order valence-electron chi connectivity index (χ0n) is 9.82. The van der Waals surface area contributed by atoms with E-state index in [-0.39, 0.29) is 24.0 Å². The Morgan fingerprint density at radius 1 is 1.67 bits per heavy atom. The summed E-state index contributed by atoms with van der Waals surface area (Å²) < 4.78 is 5.38. The number of carbonyl (C=O) groups is 1. The van der Waals surface area contributed by atoms with Crippen molar-refractivity contribution >= 4 is 5.91 Å². The van der Waals surface area contributed by atoms with Crippen LogP contribution in [0.25, 0.3) is 0 Å². The second-order valence-electron chi connectivity index (χ2n) is 4.39. The van der Waals surface area contributed by atoms with Gasteiger partial charge in [0, 0.05) is 6.61 Å². The second-order valence-corrected chi connectivity index (χ2v) is 4.39. The third-order valence-electron chi connectivity index (χ3n) is 3.26. The molecule has 0 aliphatic carbocycles. The first-order valence-electron chi connectivity index (χ1n) is 5.73. The lowest BCUT2D eigenvalue weighted by atomic mass is 9.99. The Labute approximate surface area is 91.5 Å². The molecule has 0 saturated carbocycles. The Balaban J connectivity index is 2.40. The minimum Gasteiger partial charge on any atom is -0.376 e. The van der Waals surface area contributed by atoms with Gasteiger partial charge in [-0.2, -0.15) is 0 Å². The molecule has 1 saturated heterocycles. The Morgan fingerprint density at radius 2 is 2.33 bits per heavy atom. The zero-order chi connectivity index (χ0) is 11.4. The number of nitrogens with two attached hydrogens (primary N) is 1. The number of hydrogen-bond acceptors (Lipinski definition) is 3. The highest BCUT2D eigenvalue weighted by Crippen LogP contribution is 2.13. The van der Waals surface area contributed by atoms with Gasteiger partial charge in [-0.05, 0) is 19.3 Å². The summed E-state index contributed by atoms with van der Waals surface area (Å²) in [6.45, 7) is 6.75. The Bertz CT molecular complexity index is 221. The molecule has 1 rings (SSSR count). The van der Waals surface area contributed by atoms with Crippen molar-refractivity contribution in [2.45, 2.75) is 51.8 Å². The molecule has 0 aromatic rings. The third-order valence-corrected chi connectivity index (χ3v) is 3.26. The van der Waals surface area contributed by atoms with Gasteiger partial charge in [0.25, 0.3) is 0 Å². The molecule has 0 spiro atoms. The summed E-state index contributed by atoms with van der Waals surface area (Å²) in [5, 5.41) is 2.95. The monoisotopic (exact) mass is 214 g/mol. The van der Waals surface area contributed by atoms with Crippen molar-refractivity contribution in [1.82, 2.24) is 5.32 Å². The van der Waals surface area contributed by atoms with Crippen LogP contribution in [0.2, 0.25) is 0 Å². The predicted octanol–water partition coefficient (Wildman–Crippen LogP) is 0.653. The first kappa shape index (κ1) is 12.5. The molecule has 1 amide bonds. The van der Waals surface area contributed by atoms with Gasteiger partial charge in [0.2, 0.25) is 5.91 Å². The van der Waals surface area contributed by atoms with Gasteiger partial charge in [0.05, 0.1) is 18.2 Å². The van der Waals surface area contributed by atoms with Crippen LogP contribution in [0.3, 0.4) is 0 Å². The zero-order valence-corrected chi connectivity index (χ0v) is 9.82. The van der Waals surface area contributed by atoms with E-state index in [9.17, 15) is 4.79 Å². The fourth-order valence-electron chi connectivity index (χ4n) is 1.71. The molecule has 0 aromatic carbocycles. The highest BCUT2D eigenvalue weighted by atomic mass is 16.5. The molecule has 88 valence electrons. The van der Waals surface area contributed by atoms with Gasteiger partial charge in [-0.25, -0.2) is 0 Å². The largest absolute Gasteiger partial charge is 0.376 e. The van der Waals surface area contributed by atoms with Gasteiger partial charge >= 0.3 is 0 Å². The van der Waals surface area contributed by atoms with Crippen LogP contribution in [0.4, 0.5) is 0 Å². The van der Waals surface area contributed by atoms with Crippen LogP contribution < -0.4 is 11.1 Å². The lowest BCUT2D eigenvalue weighted by Crippen LogP contribution is -2.50. The molecule has 15 heavy (non-hydrogen) atoms. The summed E-state index contributed by atoms with van der Waals surface area (Å²) >= 11 is 0. The number of rotatable bonds is 4. The fraction of sp³-hybridized carbons (Fsp3) is 0.909. The summed E-state index contributed by atoms with van der Waals surface area (Å²) in [7, 11) is 0. The van der Waals surface area contributed by atoms with Crippen LogP contribution in [0, 0.1) is 5.92 Å². The lowest BCUT2D eigenvalue weighted by Gasteiger charge is -2.22. The maximum absolute atomic E-state index is 11.8. The van der Waals surface area contributed by atoms with Crippen LogP contribution in [-0.4, -0.2) is 30.7 Å². The van der Waals surface area contributed by atoms with E-state index >= 15 is 0 Å². The van der Waals surface area contributed by atoms with Gasteiger partial charge < -0.3 is 15.8 Å². The molecule has 3 N–H and O–H groups in total. The van der Waals surface area contributed by atoms with Crippen molar-refractivity contribution in [3.05, 3.63) is 0 Å². The van der Waals surface area contributed by atoms with E-state index in [0.29, 0.717) is 0 Å². The molecule has 4 nitrogen and oxygen atoms in total. The summed E-state index contributed by atoms with van der Waals surface area (Å²) in [6.07, 6.45) is 1.92. The average molecular weight is 214 g/mol. The third kappa shape index (κ3) is 3.18. The molecular formula is C11H22N2O2. The summed E-state index contributed by atoms with van der Waals surface area (Å²) in [6, 6.07) is -0.268.